The smallest absolute Gasteiger partial charge is 0.490 e. The summed E-state index contributed by atoms with van der Waals surface area (Å²) in [4.78, 5) is 52.9. The zero-order chi connectivity index (χ0) is 56.7. The lowest BCUT2D eigenvalue weighted by Gasteiger charge is -2.44. The quantitative estimate of drug-likeness (QED) is 0.151. The van der Waals surface area contributed by atoms with Gasteiger partial charge in [0.25, 0.3) is 11.8 Å². The lowest BCUT2D eigenvalue weighted by Crippen LogP contribution is -2.49. The van der Waals surface area contributed by atoms with Gasteiger partial charge in [0.1, 0.15) is 30.0 Å². The van der Waals surface area contributed by atoms with Crippen molar-refractivity contribution >= 4 is 69.9 Å². The molecule has 0 aliphatic carbocycles. The fraction of sp³-hybridized carbons (Fsp3) is 0.526. The fourth-order valence-corrected chi connectivity index (χ4v) is 14.4. The van der Waals surface area contributed by atoms with Crippen LogP contribution in [0, 0.1) is 11.8 Å². The van der Waals surface area contributed by atoms with Crippen LogP contribution >= 0.6 is 39.0 Å². The summed E-state index contributed by atoms with van der Waals surface area (Å²) in [5, 5.41) is 3.37. The summed E-state index contributed by atoms with van der Waals surface area (Å²) in [6, 6.07) is 11.8. The number of hydrogen-bond donors (Lipinski definition) is 2. The zero-order valence-electron chi connectivity index (χ0n) is 47.1. The Morgan fingerprint density at radius 1 is 0.713 bits per heavy atom. The molecule has 2 aromatic carbocycles. The number of hydrogen-bond acceptors (Lipinski definition) is 17. The van der Waals surface area contributed by atoms with Crippen molar-refractivity contribution in [3.63, 3.8) is 0 Å². The molecule has 80 heavy (non-hydrogen) atoms. The number of carbonyl (C=O) groups excluding carboxylic acids is 2. The van der Waals surface area contributed by atoms with Crippen molar-refractivity contribution in [1.82, 2.24) is 33.9 Å². The molecule has 7 atom stereocenters. The molecule has 0 bridgehead atoms. The molecule has 2 spiro atoms. The first kappa shape index (κ1) is 56.3. The molecule has 7 unspecified atom stereocenters. The number of likely N-dealkylation sites (N-methyl/N-ethyl adjacent to an activating group) is 2. The lowest BCUT2D eigenvalue weighted by molar-refractivity contribution is -0.135. The molecule has 0 saturated carbocycles. The first-order valence-corrected chi connectivity index (χ1v) is 29.9. The van der Waals surface area contributed by atoms with E-state index in [9.17, 15) is 9.59 Å². The molecule has 13 rings (SSSR count). The molecule has 2 amide bonds. The van der Waals surface area contributed by atoms with Gasteiger partial charge in [-0.1, -0.05) is 27.3 Å². The summed E-state index contributed by atoms with van der Waals surface area (Å²) in [6.07, 6.45) is 18.0. The normalized spacial score (nSPS) is 29.6. The number of aromatic nitrogens is 5. The van der Waals surface area contributed by atoms with Gasteiger partial charge >= 0.3 is 7.12 Å². The number of halogens is 1. The largest absolute Gasteiger partial charge is 0.491 e. The van der Waals surface area contributed by atoms with E-state index in [-0.39, 0.29) is 71.4 Å². The summed E-state index contributed by atoms with van der Waals surface area (Å²) in [6.45, 7) is 18.2. The zero-order valence-corrected chi connectivity index (χ0v) is 50.3. The number of amides is 2. The van der Waals surface area contributed by atoms with E-state index in [2.05, 4.69) is 101 Å². The second kappa shape index (κ2) is 21.0. The predicted molar refractivity (Wildman–Crippen MR) is 312 cm³/mol. The maximum Gasteiger partial charge on any atom is 0.491 e. The maximum absolute atomic E-state index is 13.6. The molecular weight excluding hydrogens is 1120 g/mol. The first-order chi connectivity index (χ1) is 37.9. The van der Waals surface area contributed by atoms with Gasteiger partial charge in [0.05, 0.1) is 39.0 Å². The van der Waals surface area contributed by atoms with E-state index in [1.165, 1.54) is 15.3 Å². The topological polar surface area (TPSA) is 221 Å². The third-order valence-corrected chi connectivity index (χ3v) is 19.9. The van der Waals surface area contributed by atoms with Crippen molar-refractivity contribution < 1.29 is 37.8 Å². The number of thiazole rings is 1. The van der Waals surface area contributed by atoms with E-state index in [0.717, 1.165) is 63.3 Å². The number of carbonyl (C=O) groups is 2. The number of imidazole rings is 2. The Balaban J connectivity index is 0.000000133. The van der Waals surface area contributed by atoms with Crippen LogP contribution in [-0.2, 0) is 39.4 Å². The molecule has 5 aromatic rings. The third kappa shape index (κ3) is 10.5. The number of fused-ring (bicyclic) bond motifs is 4. The van der Waals surface area contributed by atoms with Crippen molar-refractivity contribution in [2.45, 2.75) is 151 Å². The van der Waals surface area contributed by atoms with Gasteiger partial charge in [-0.3, -0.25) is 24.0 Å². The van der Waals surface area contributed by atoms with E-state index in [0.29, 0.717) is 48.8 Å². The number of ether oxygens (including phenoxy) is 4. The predicted octanol–water partition coefficient (Wildman–Crippen LogP) is 9.16. The Morgan fingerprint density at radius 2 is 1.26 bits per heavy atom. The van der Waals surface area contributed by atoms with Gasteiger partial charge < -0.3 is 44.3 Å². The number of aliphatic imine (C=N–C) groups is 2. The van der Waals surface area contributed by atoms with Crippen LogP contribution in [0.5, 0.6) is 11.5 Å². The summed E-state index contributed by atoms with van der Waals surface area (Å²) in [5.74, 6) is 2.27. The minimum atomic E-state index is -1.09. The molecule has 0 radical (unpaired) electrons. The Labute approximate surface area is 484 Å². The molecule has 424 valence electrons. The van der Waals surface area contributed by atoms with Gasteiger partial charge in [-0.15, -0.1) is 11.8 Å². The number of rotatable bonds is 6. The van der Waals surface area contributed by atoms with Crippen molar-refractivity contribution in [3.05, 3.63) is 107 Å². The average Bonchev–Trinajstić information content (AvgIpc) is 4.46. The van der Waals surface area contributed by atoms with Crippen LogP contribution in [0.15, 0.2) is 105 Å². The van der Waals surface area contributed by atoms with Gasteiger partial charge in [-0.25, -0.2) is 24.9 Å². The average molecular weight is 1190 g/mol. The number of allylic oxidation sites excluding steroid dienone is 1. The van der Waals surface area contributed by atoms with E-state index in [4.69, 9.17) is 44.7 Å². The summed E-state index contributed by atoms with van der Waals surface area (Å²) >= 11 is 6.85. The van der Waals surface area contributed by atoms with E-state index < -0.39 is 11.1 Å². The van der Waals surface area contributed by atoms with Gasteiger partial charge in [-0.05, 0) is 140 Å². The van der Waals surface area contributed by atoms with Crippen LogP contribution in [0.4, 0.5) is 0 Å². The van der Waals surface area contributed by atoms with Gasteiger partial charge in [-0.2, -0.15) is 0 Å². The van der Waals surface area contributed by atoms with Crippen molar-refractivity contribution in [1.29, 1.82) is 0 Å². The Bertz CT molecular complexity index is 3240. The number of benzene rings is 2. The van der Waals surface area contributed by atoms with Crippen LogP contribution in [0.3, 0.4) is 0 Å². The molecule has 11 heterocycles. The van der Waals surface area contributed by atoms with Crippen molar-refractivity contribution in [2.75, 3.05) is 27.3 Å². The van der Waals surface area contributed by atoms with Crippen LogP contribution < -0.4 is 20.9 Å². The van der Waals surface area contributed by atoms with Gasteiger partial charge in [0.15, 0.2) is 28.1 Å². The minimum Gasteiger partial charge on any atom is -0.490 e. The number of guanidine groups is 2. The second-order valence-electron chi connectivity index (χ2n) is 24.2. The maximum atomic E-state index is 13.6. The van der Waals surface area contributed by atoms with Crippen molar-refractivity contribution in [2.24, 2.45) is 33.3 Å². The molecule has 3 fully saturated rings. The highest BCUT2D eigenvalue weighted by Gasteiger charge is 2.57. The van der Waals surface area contributed by atoms with Crippen molar-refractivity contribution in [3.8, 4) is 27.1 Å². The molecule has 19 nitrogen and oxygen atoms in total. The molecule has 8 aliphatic heterocycles. The molecule has 8 aliphatic rings. The summed E-state index contributed by atoms with van der Waals surface area (Å²) in [5.41, 5.74) is 12.9. The highest BCUT2D eigenvalue weighted by Crippen LogP contribution is 2.52. The SMILES string of the molecule is CC1(C)OB(C2=CSC(n3ccnc3)C2)OC1(C)C.CN1C(=O)C2(CC(C3CCOC(C)(C)C3)Oc3ccc(-c4cnc(-n5ccnc5)s4)cc32)N=C1N.CN1C(=O)C2(CC(C3CCOC(C)(C)C3)Oc3ccc(Br)cc32)N=C1N. The minimum absolute atomic E-state index is 0.0889. The fourth-order valence-electron chi connectivity index (χ4n) is 12.1. The number of thioether (sulfide) groups is 1. The molecule has 4 N–H and O–H groups in total. The van der Waals surface area contributed by atoms with Crippen LogP contribution in [-0.4, -0.2) is 127 Å². The van der Waals surface area contributed by atoms with E-state index in [1.54, 1.807) is 49.7 Å². The van der Waals surface area contributed by atoms with Crippen LogP contribution in [0.1, 0.15) is 117 Å². The van der Waals surface area contributed by atoms with Gasteiger partial charge in [0.2, 0.25) is 0 Å². The highest BCUT2D eigenvalue weighted by atomic mass is 79.9. The monoisotopic (exact) mass is 1190 g/mol. The molecule has 3 saturated heterocycles. The summed E-state index contributed by atoms with van der Waals surface area (Å²) < 4.78 is 41.8. The third-order valence-electron chi connectivity index (χ3n) is 17.2. The standard InChI is InChI=1S/C25H28N6O3S.C19H24BrN3O3.C13H19BN2O2S/c1-24(2)11-16(6-9-33-24)19-12-25(21(32)30(3)22(26)29-25)17-10-15(4-5-18(17)34-19)20-13-28-23(35-20)31-8-7-27-14-31;1-18(2)9-11(6-7-25-18)15-10-19(16(24)23(3)17(21)22-19)13-8-12(20)4-5-14(13)26-15;1-12(2)13(3,4)18-14(17-12)10-7-11(19-8-10)16-6-5-15-9-16/h4-5,7-8,10,13-14,16,19H,6,9,11-12H2,1-3H3,(H2,26,29);4-5,8,11,15H,6-7,9-10H2,1-3H3,(H2,21,22);5-6,8-9,11H,7H2,1-4H3. The van der Waals surface area contributed by atoms with Crippen LogP contribution in [0.25, 0.3) is 15.6 Å². The number of nitrogens with zero attached hydrogens (tertiary/aromatic N) is 9. The lowest BCUT2D eigenvalue weighted by atomic mass is 9.75. The second-order valence-corrected chi connectivity index (χ2v) is 27.2. The van der Waals surface area contributed by atoms with Gasteiger partial charge in [0, 0.05) is 98.6 Å². The Morgan fingerprint density at radius 3 is 1.77 bits per heavy atom. The highest BCUT2D eigenvalue weighted by molar-refractivity contribution is 9.10. The Hall–Kier alpha value is -5.56. The first-order valence-electron chi connectivity index (χ1n) is 27.3. The van der Waals surface area contributed by atoms with E-state index >= 15 is 0 Å². The molecule has 3 aromatic heterocycles. The van der Waals surface area contributed by atoms with Crippen LogP contribution in [0.2, 0.25) is 0 Å². The van der Waals surface area contributed by atoms with E-state index in [1.807, 2.05) is 72.1 Å². The molecule has 23 heteroatoms. The molecular formula is C57H71BBrN11O8S2. The summed E-state index contributed by atoms with van der Waals surface area (Å²) in [7, 11) is 3.14. The Kier molecular flexibility index (Phi) is 14.8. The number of nitrogens with two attached hydrogens (primary N) is 2.